The Kier molecular flexibility index (Phi) is 6.37. The fourth-order valence-electron chi connectivity index (χ4n) is 3.03. The molecule has 1 atom stereocenters. The highest BCUT2D eigenvalue weighted by atomic mass is 35.5. The number of esters is 1. The zero-order valence-corrected chi connectivity index (χ0v) is 17.5. The van der Waals surface area contributed by atoms with E-state index >= 15 is 0 Å². The van der Waals surface area contributed by atoms with Crippen molar-refractivity contribution in [2.45, 2.75) is 17.9 Å². The molecule has 29 heavy (non-hydrogen) atoms. The van der Waals surface area contributed by atoms with Crippen molar-refractivity contribution in [1.82, 2.24) is 4.72 Å². The molecule has 0 fully saturated rings. The molecule has 1 N–H and O–H groups in total. The highest BCUT2D eigenvalue weighted by Crippen LogP contribution is 2.28. The first-order chi connectivity index (χ1) is 13.8. The average molecular weight is 430 g/mol. The lowest BCUT2D eigenvalue weighted by Crippen LogP contribution is -2.30. The van der Waals surface area contributed by atoms with Crippen LogP contribution in [0.1, 0.15) is 33.1 Å². The Morgan fingerprint density at radius 3 is 2.31 bits per heavy atom. The Labute approximate surface area is 175 Å². The van der Waals surface area contributed by atoms with Crippen molar-refractivity contribution in [2.24, 2.45) is 0 Å². The second-order valence-corrected chi connectivity index (χ2v) is 8.58. The van der Waals surface area contributed by atoms with Gasteiger partial charge in [-0.1, -0.05) is 66.2 Å². The minimum absolute atomic E-state index is 0.0100. The third-order valence-corrected chi connectivity index (χ3v) is 6.31. The third-order valence-electron chi connectivity index (χ3n) is 4.56. The molecule has 0 unspecified atom stereocenters. The average Bonchev–Trinajstić information content (AvgIpc) is 2.73. The third kappa shape index (κ3) is 4.67. The van der Waals surface area contributed by atoms with Crippen LogP contribution in [0.15, 0.2) is 77.7 Å². The van der Waals surface area contributed by atoms with E-state index in [1.54, 1.807) is 0 Å². The number of benzene rings is 3. The maximum atomic E-state index is 13.2. The second kappa shape index (κ2) is 8.78. The molecule has 5 nitrogen and oxygen atoms in total. The van der Waals surface area contributed by atoms with Crippen LogP contribution in [0.5, 0.6) is 0 Å². The number of aryl methyl sites for hydroxylation is 1. The monoisotopic (exact) mass is 429 g/mol. The van der Waals surface area contributed by atoms with Crippen molar-refractivity contribution in [3.05, 3.63) is 100 Å². The van der Waals surface area contributed by atoms with E-state index < -0.39 is 22.0 Å². The summed E-state index contributed by atoms with van der Waals surface area (Å²) in [5.74, 6) is -0.703. The highest BCUT2D eigenvalue weighted by Gasteiger charge is 2.25. The smallest absolute Gasteiger partial charge is 0.339 e. The Hall–Kier alpha value is -2.67. The van der Waals surface area contributed by atoms with Gasteiger partial charge in [0.15, 0.2) is 0 Å². The number of ether oxygens (including phenoxy) is 1. The Balaban J connectivity index is 2.06. The first kappa shape index (κ1) is 21.0. The molecule has 0 heterocycles. The summed E-state index contributed by atoms with van der Waals surface area (Å²) in [6, 6.07) is 20.2. The van der Waals surface area contributed by atoms with Gasteiger partial charge in [0.05, 0.1) is 28.6 Å². The molecule has 0 saturated heterocycles. The summed E-state index contributed by atoms with van der Waals surface area (Å²) in [5.41, 5.74) is 2.58. The second-order valence-electron chi connectivity index (χ2n) is 6.45. The van der Waals surface area contributed by atoms with E-state index in [0.717, 1.165) is 16.7 Å². The molecule has 150 valence electrons. The van der Waals surface area contributed by atoms with Crippen molar-refractivity contribution in [1.29, 1.82) is 0 Å². The number of carbonyl (C=O) groups is 1. The van der Waals surface area contributed by atoms with Gasteiger partial charge in [-0.3, -0.25) is 0 Å². The lowest BCUT2D eigenvalue weighted by Gasteiger charge is -2.22. The maximum Gasteiger partial charge on any atom is 0.339 e. The van der Waals surface area contributed by atoms with Gasteiger partial charge >= 0.3 is 5.97 Å². The van der Waals surface area contributed by atoms with E-state index in [2.05, 4.69) is 9.46 Å². The van der Waals surface area contributed by atoms with Gasteiger partial charge < -0.3 is 4.74 Å². The van der Waals surface area contributed by atoms with Crippen LogP contribution >= 0.6 is 11.6 Å². The van der Waals surface area contributed by atoms with Crippen LogP contribution in [0.3, 0.4) is 0 Å². The number of halogens is 1. The first-order valence-corrected chi connectivity index (χ1v) is 10.7. The predicted octanol–water partition coefficient (Wildman–Crippen LogP) is 4.50. The van der Waals surface area contributed by atoms with E-state index in [-0.39, 0.29) is 15.5 Å². The molecule has 0 saturated carbocycles. The van der Waals surface area contributed by atoms with Crippen LogP contribution in [-0.4, -0.2) is 21.5 Å². The summed E-state index contributed by atoms with van der Waals surface area (Å²) in [6.07, 6.45) is 0. The van der Waals surface area contributed by atoms with Gasteiger partial charge in [-0.05, 0) is 41.8 Å². The molecule has 0 radical (unpaired) electrons. The molecule has 0 bridgehead atoms. The number of hydrogen-bond acceptors (Lipinski definition) is 4. The molecule has 0 spiro atoms. The van der Waals surface area contributed by atoms with Gasteiger partial charge in [-0.15, -0.1) is 0 Å². The lowest BCUT2D eigenvalue weighted by molar-refractivity contribution is 0.0600. The van der Waals surface area contributed by atoms with E-state index in [9.17, 15) is 13.2 Å². The number of methoxy groups -OCH3 is 1. The summed E-state index contributed by atoms with van der Waals surface area (Å²) in [7, 11) is -2.76. The molecule has 3 aromatic carbocycles. The van der Waals surface area contributed by atoms with Gasteiger partial charge in [0.2, 0.25) is 10.0 Å². The van der Waals surface area contributed by atoms with Crippen molar-refractivity contribution >= 4 is 27.6 Å². The molecule has 3 aromatic rings. The number of hydrogen-bond donors (Lipinski definition) is 1. The molecule has 0 aliphatic carbocycles. The topological polar surface area (TPSA) is 72.5 Å². The van der Waals surface area contributed by atoms with Gasteiger partial charge in [-0.25, -0.2) is 13.2 Å². The predicted molar refractivity (Wildman–Crippen MR) is 113 cm³/mol. The van der Waals surface area contributed by atoms with Gasteiger partial charge in [0.25, 0.3) is 0 Å². The van der Waals surface area contributed by atoms with Crippen LogP contribution in [0, 0.1) is 6.92 Å². The summed E-state index contributed by atoms with van der Waals surface area (Å²) in [4.78, 5) is 11.8. The fraction of sp³-hybridized carbons (Fsp3) is 0.136. The summed E-state index contributed by atoms with van der Waals surface area (Å²) < 4.78 is 33.8. The minimum atomic E-state index is -3.97. The van der Waals surface area contributed by atoms with E-state index in [1.165, 1.54) is 25.3 Å². The normalized spacial score (nSPS) is 12.4. The van der Waals surface area contributed by atoms with Crippen molar-refractivity contribution in [3.63, 3.8) is 0 Å². The largest absolute Gasteiger partial charge is 0.465 e. The first-order valence-electron chi connectivity index (χ1n) is 8.84. The molecule has 3 rings (SSSR count). The number of sulfonamides is 1. The van der Waals surface area contributed by atoms with Crippen LogP contribution in [-0.2, 0) is 14.8 Å². The highest BCUT2D eigenvalue weighted by molar-refractivity contribution is 7.89. The molecular weight excluding hydrogens is 410 g/mol. The van der Waals surface area contributed by atoms with Gasteiger partial charge in [0.1, 0.15) is 0 Å². The van der Waals surface area contributed by atoms with Gasteiger partial charge in [0, 0.05) is 0 Å². The molecule has 0 amide bonds. The van der Waals surface area contributed by atoms with Crippen LogP contribution in [0.25, 0.3) is 0 Å². The van der Waals surface area contributed by atoms with Crippen LogP contribution in [0.2, 0.25) is 5.02 Å². The summed E-state index contributed by atoms with van der Waals surface area (Å²) >= 11 is 6.02. The van der Waals surface area contributed by atoms with E-state index in [0.29, 0.717) is 0 Å². The standard InChI is InChI=1S/C22H20ClNO4S/c1-15-8-6-7-11-18(15)21(16-9-4-3-5-10-16)24-29(26,27)17-12-13-20(23)19(14-17)22(25)28-2/h3-14,21,24H,1-2H3/t21-/m1/s1. The number of rotatable bonds is 6. The minimum Gasteiger partial charge on any atom is -0.465 e. The number of nitrogens with one attached hydrogen (secondary N) is 1. The Bertz CT molecular complexity index is 1130. The Morgan fingerprint density at radius 2 is 1.66 bits per heavy atom. The molecule has 0 aliphatic rings. The number of carbonyl (C=O) groups excluding carboxylic acids is 1. The zero-order chi connectivity index (χ0) is 21.0. The molecule has 0 aliphatic heterocycles. The van der Waals surface area contributed by atoms with Gasteiger partial charge in [-0.2, -0.15) is 4.72 Å². The summed E-state index contributed by atoms with van der Waals surface area (Å²) in [5, 5.41) is 0.120. The maximum absolute atomic E-state index is 13.2. The molecule has 7 heteroatoms. The Morgan fingerprint density at radius 1 is 1.00 bits per heavy atom. The molecular formula is C22H20ClNO4S. The van der Waals surface area contributed by atoms with E-state index in [1.807, 2.05) is 61.5 Å². The lowest BCUT2D eigenvalue weighted by atomic mass is 9.96. The van der Waals surface area contributed by atoms with Crippen molar-refractivity contribution in [2.75, 3.05) is 7.11 Å². The van der Waals surface area contributed by atoms with Crippen LogP contribution in [0.4, 0.5) is 0 Å². The fourth-order valence-corrected chi connectivity index (χ4v) is 4.45. The van der Waals surface area contributed by atoms with Crippen molar-refractivity contribution in [3.8, 4) is 0 Å². The van der Waals surface area contributed by atoms with Crippen LogP contribution < -0.4 is 4.72 Å². The quantitative estimate of drug-likeness (QED) is 0.585. The zero-order valence-electron chi connectivity index (χ0n) is 15.9. The van der Waals surface area contributed by atoms with E-state index in [4.69, 9.17) is 11.6 Å². The SMILES string of the molecule is COC(=O)c1cc(S(=O)(=O)N[C@H](c2ccccc2)c2ccccc2C)ccc1Cl. The summed E-state index contributed by atoms with van der Waals surface area (Å²) in [6.45, 7) is 1.93. The molecule has 0 aromatic heterocycles. The van der Waals surface area contributed by atoms with Crippen molar-refractivity contribution < 1.29 is 17.9 Å².